The molecule has 1 aromatic heterocycles. The van der Waals surface area contributed by atoms with Crippen LogP contribution in [0.3, 0.4) is 0 Å². The fourth-order valence-corrected chi connectivity index (χ4v) is 3.65. The lowest BCUT2D eigenvalue weighted by Gasteiger charge is -2.19. The first-order valence-corrected chi connectivity index (χ1v) is 10.3. The van der Waals surface area contributed by atoms with Gasteiger partial charge >= 0.3 is 12.4 Å². The van der Waals surface area contributed by atoms with Crippen LogP contribution < -0.4 is 10.2 Å². The molecule has 0 atom stereocenters. The summed E-state index contributed by atoms with van der Waals surface area (Å²) in [6, 6.07) is 8.10. The molecule has 0 radical (unpaired) electrons. The molecule has 2 aromatic carbocycles. The first-order chi connectivity index (χ1) is 15.8. The molecule has 0 saturated carbocycles. The number of alkyl halides is 6. The number of thiazole rings is 1. The van der Waals surface area contributed by atoms with Crippen LogP contribution >= 0.6 is 11.3 Å². The van der Waals surface area contributed by atoms with Crippen LogP contribution in [0.25, 0.3) is 6.08 Å². The summed E-state index contributed by atoms with van der Waals surface area (Å²) in [5.41, 5.74) is -1.40. The van der Waals surface area contributed by atoms with Crippen LogP contribution in [0.15, 0.2) is 60.0 Å². The molecule has 0 aliphatic rings. The Morgan fingerprint density at radius 3 is 2.21 bits per heavy atom. The van der Waals surface area contributed by atoms with Crippen LogP contribution in [-0.2, 0) is 21.9 Å². The molecule has 34 heavy (non-hydrogen) atoms. The molecule has 2 amide bonds. The predicted octanol–water partition coefficient (Wildman–Crippen LogP) is 6.52. The number of benzene rings is 2. The Morgan fingerprint density at radius 1 is 0.971 bits per heavy atom. The molecule has 0 fully saturated rings. The molecule has 0 unspecified atom stereocenters. The second kappa shape index (κ2) is 9.67. The van der Waals surface area contributed by atoms with E-state index in [0.29, 0.717) is 0 Å². The smallest absolute Gasteiger partial charge is 0.323 e. The van der Waals surface area contributed by atoms with E-state index in [1.54, 1.807) is 0 Å². The highest BCUT2D eigenvalue weighted by Gasteiger charge is 2.32. The lowest BCUT2D eigenvalue weighted by Crippen LogP contribution is -2.23. The van der Waals surface area contributed by atoms with E-state index < -0.39 is 35.3 Å². The number of amides is 2. The third kappa shape index (κ3) is 6.22. The zero-order chi connectivity index (χ0) is 25.1. The molecule has 3 aromatic rings. The SMILES string of the molecule is CC(=O)N(c1cccc(C(F)(F)F)c1)c1nc(/C=C/C(=O)Nc2ccc(C(F)(F)F)cc2)cs1. The van der Waals surface area contributed by atoms with E-state index in [1.807, 2.05) is 0 Å². The fraction of sp³-hybridized carbons (Fsp3) is 0.136. The van der Waals surface area contributed by atoms with Crippen molar-refractivity contribution in [1.29, 1.82) is 0 Å². The Balaban J connectivity index is 1.73. The number of carbonyl (C=O) groups is 2. The Labute approximate surface area is 193 Å². The molecule has 1 heterocycles. The Morgan fingerprint density at radius 2 is 1.62 bits per heavy atom. The number of anilines is 3. The number of carbonyl (C=O) groups excluding carboxylic acids is 2. The maximum atomic E-state index is 13.0. The minimum atomic E-state index is -4.59. The summed E-state index contributed by atoms with van der Waals surface area (Å²) in [5.74, 6) is -1.21. The van der Waals surface area contributed by atoms with Gasteiger partial charge in [0, 0.05) is 24.1 Å². The number of nitrogens with one attached hydrogen (secondary N) is 1. The number of rotatable bonds is 5. The molecule has 0 bridgehead atoms. The molecule has 3 rings (SSSR count). The van der Waals surface area contributed by atoms with Crippen LogP contribution in [0.2, 0.25) is 0 Å². The lowest BCUT2D eigenvalue weighted by molar-refractivity contribution is -0.138. The normalized spacial score (nSPS) is 12.1. The van der Waals surface area contributed by atoms with Crippen LogP contribution in [0.5, 0.6) is 0 Å². The Hall–Kier alpha value is -3.67. The van der Waals surface area contributed by atoms with Gasteiger partial charge in [0.1, 0.15) is 0 Å². The van der Waals surface area contributed by atoms with Gasteiger partial charge in [-0.2, -0.15) is 26.3 Å². The third-order valence-corrected chi connectivity index (χ3v) is 5.18. The number of hydrogen-bond acceptors (Lipinski definition) is 4. The summed E-state index contributed by atoms with van der Waals surface area (Å²) in [6.07, 6.45) is -6.70. The van der Waals surface area contributed by atoms with E-state index in [1.165, 1.54) is 30.5 Å². The summed E-state index contributed by atoms with van der Waals surface area (Å²) in [7, 11) is 0. The molecule has 1 N–H and O–H groups in total. The minimum absolute atomic E-state index is 0.0211. The van der Waals surface area contributed by atoms with Crippen LogP contribution in [0, 0.1) is 0 Å². The lowest BCUT2D eigenvalue weighted by atomic mass is 10.2. The number of aromatic nitrogens is 1. The van der Waals surface area contributed by atoms with Crippen LogP contribution in [0.1, 0.15) is 23.7 Å². The largest absolute Gasteiger partial charge is 0.416 e. The van der Waals surface area contributed by atoms with Crippen molar-refractivity contribution in [3.05, 3.63) is 76.8 Å². The number of hydrogen-bond donors (Lipinski definition) is 1. The molecule has 0 aliphatic heterocycles. The van der Waals surface area contributed by atoms with Crippen molar-refractivity contribution < 1.29 is 35.9 Å². The maximum absolute atomic E-state index is 13.0. The second-order valence-corrected chi connectivity index (χ2v) is 7.69. The first kappa shape index (κ1) is 25.0. The highest BCUT2D eigenvalue weighted by molar-refractivity contribution is 7.14. The maximum Gasteiger partial charge on any atom is 0.416 e. The molecular weight excluding hydrogens is 484 g/mol. The van der Waals surface area contributed by atoms with Crippen molar-refractivity contribution in [2.24, 2.45) is 0 Å². The van der Waals surface area contributed by atoms with Crippen molar-refractivity contribution in [3.8, 4) is 0 Å². The Kier molecular flexibility index (Phi) is 7.10. The topological polar surface area (TPSA) is 62.3 Å². The summed E-state index contributed by atoms with van der Waals surface area (Å²) >= 11 is 0.977. The third-order valence-electron chi connectivity index (χ3n) is 4.33. The summed E-state index contributed by atoms with van der Waals surface area (Å²) in [4.78, 5) is 29.4. The van der Waals surface area contributed by atoms with Gasteiger partial charge in [-0.3, -0.25) is 14.5 Å². The van der Waals surface area contributed by atoms with Crippen LogP contribution in [-0.4, -0.2) is 16.8 Å². The minimum Gasteiger partial charge on any atom is -0.323 e. The number of nitrogens with zero attached hydrogens (tertiary/aromatic N) is 2. The van der Waals surface area contributed by atoms with E-state index in [0.717, 1.165) is 58.7 Å². The zero-order valence-electron chi connectivity index (χ0n) is 17.2. The summed E-state index contributed by atoms with van der Waals surface area (Å²) in [5, 5.41) is 3.98. The van der Waals surface area contributed by atoms with Gasteiger partial charge in [-0.25, -0.2) is 4.98 Å². The fourth-order valence-electron chi connectivity index (χ4n) is 2.79. The second-order valence-electron chi connectivity index (χ2n) is 6.86. The summed E-state index contributed by atoms with van der Waals surface area (Å²) in [6.45, 7) is 1.18. The highest BCUT2D eigenvalue weighted by Crippen LogP contribution is 2.35. The van der Waals surface area contributed by atoms with Crippen molar-refractivity contribution in [1.82, 2.24) is 4.98 Å². The average Bonchev–Trinajstić information content (AvgIpc) is 3.20. The van der Waals surface area contributed by atoms with Gasteiger partial charge in [0.25, 0.3) is 0 Å². The van der Waals surface area contributed by atoms with E-state index in [-0.39, 0.29) is 22.2 Å². The van der Waals surface area contributed by atoms with Gasteiger partial charge in [-0.05, 0) is 48.5 Å². The molecule has 5 nitrogen and oxygen atoms in total. The van der Waals surface area contributed by atoms with Gasteiger partial charge in [0.2, 0.25) is 11.8 Å². The van der Waals surface area contributed by atoms with Crippen molar-refractivity contribution in [3.63, 3.8) is 0 Å². The van der Waals surface area contributed by atoms with Gasteiger partial charge < -0.3 is 5.32 Å². The standard InChI is InChI=1S/C22H15F6N3O2S/c1-13(32)31(18-4-2-3-15(11-18)22(26,27)28)20-30-17(12-34-20)9-10-19(33)29-16-7-5-14(6-8-16)21(23,24)25/h2-12H,1H3,(H,29,33)/b10-9+. The monoisotopic (exact) mass is 499 g/mol. The van der Waals surface area contributed by atoms with E-state index in [2.05, 4.69) is 10.3 Å². The van der Waals surface area contributed by atoms with E-state index >= 15 is 0 Å². The predicted molar refractivity (Wildman–Crippen MR) is 115 cm³/mol. The zero-order valence-corrected chi connectivity index (χ0v) is 18.1. The number of halogens is 6. The molecule has 0 spiro atoms. The molecule has 0 aliphatic carbocycles. The van der Waals surface area contributed by atoms with Crippen molar-refractivity contribution in [2.75, 3.05) is 10.2 Å². The van der Waals surface area contributed by atoms with Crippen molar-refractivity contribution >= 4 is 45.7 Å². The Bertz CT molecular complexity index is 1220. The first-order valence-electron chi connectivity index (χ1n) is 9.44. The summed E-state index contributed by atoms with van der Waals surface area (Å²) < 4.78 is 76.9. The van der Waals surface area contributed by atoms with E-state index in [4.69, 9.17) is 0 Å². The molecule has 0 saturated heterocycles. The van der Waals surface area contributed by atoms with Gasteiger partial charge in [0.15, 0.2) is 5.13 Å². The van der Waals surface area contributed by atoms with E-state index in [9.17, 15) is 35.9 Å². The van der Waals surface area contributed by atoms with Crippen LogP contribution in [0.4, 0.5) is 42.8 Å². The molecular formula is C22H15F6N3O2S. The average molecular weight is 499 g/mol. The quantitative estimate of drug-likeness (QED) is 0.321. The molecule has 178 valence electrons. The van der Waals surface area contributed by atoms with Gasteiger partial charge in [0.05, 0.1) is 22.5 Å². The van der Waals surface area contributed by atoms with Gasteiger partial charge in [-0.15, -0.1) is 11.3 Å². The molecule has 12 heteroatoms. The van der Waals surface area contributed by atoms with Crippen molar-refractivity contribution in [2.45, 2.75) is 19.3 Å². The highest BCUT2D eigenvalue weighted by atomic mass is 32.1. The van der Waals surface area contributed by atoms with Gasteiger partial charge in [-0.1, -0.05) is 6.07 Å².